The molecule has 2 N–H and O–H groups in total. The van der Waals surface area contributed by atoms with E-state index in [9.17, 15) is 10.1 Å². The summed E-state index contributed by atoms with van der Waals surface area (Å²) in [5, 5.41) is 19.0. The molecule has 196 valence electrons. The molecule has 1 saturated heterocycles. The average Bonchev–Trinajstić information content (AvgIpc) is 2.93. The van der Waals surface area contributed by atoms with Crippen molar-refractivity contribution in [3.63, 3.8) is 0 Å². The van der Waals surface area contributed by atoms with Gasteiger partial charge in [0.1, 0.15) is 17.3 Å². The number of rotatable bonds is 10. The highest BCUT2D eigenvalue weighted by Crippen LogP contribution is 2.33. The predicted octanol–water partition coefficient (Wildman–Crippen LogP) is 4.90. The van der Waals surface area contributed by atoms with Gasteiger partial charge in [-0.15, -0.1) is 0 Å². The van der Waals surface area contributed by atoms with Crippen LogP contribution in [-0.2, 0) is 19.6 Å². The van der Waals surface area contributed by atoms with Gasteiger partial charge in [0.2, 0.25) is 0 Å². The number of nitrogens with one attached hydrogen (secondary N) is 2. The summed E-state index contributed by atoms with van der Waals surface area (Å²) in [6.07, 6.45) is 0. The van der Waals surface area contributed by atoms with Crippen molar-refractivity contribution in [2.75, 3.05) is 43.4 Å². The Bertz CT molecular complexity index is 1370. The maximum Gasteiger partial charge on any atom is 0.293 e. The molecule has 9 nitrogen and oxygen atoms in total. The standard InChI is InChI=1S/C29H33N7O2/c1-2-30-26-18-25-24(17-27(26)36(37)38)29(31-19-22-9-5-3-6-10-22)33-28(32-25)21-35-15-13-34(14-16-35)20-23-11-7-4-8-12-23/h3-12,17-18,30H,2,13-16,19-21H2,1H3,(H,31,32,33). The summed E-state index contributed by atoms with van der Waals surface area (Å²) in [7, 11) is 0. The van der Waals surface area contributed by atoms with Gasteiger partial charge in [-0.3, -0.25) is 19.9 Å². The van der Waals surface area contributed by atoms with Crippen LogP contribution >= 0.6 is 0 Å². The number of piperazine rings is 1. The third-order valence-corrected chi connectivity index (χ3v) is 6.81. The SMILES string of the molecule is CCNc1cc2nc(CN3CCN(Cc4ccccc4)CC3)nc(NCc3ccccc3)c2cc1[N+](=O)[O-]. The molecule has 0 spiro atoms. The minimum absolute atomic E-state index is 0.0213. The van der Waals surface area contributed by atoms with Gasteiger partial charge in [0.25, 0.3) is 5.69 Å². The summed E-state index contributed by atoms with van der Waals surface area (Å²) in [6.45, 7) is 8.49. The number of anilines is 2. The van der Waals surface area contributed by atoms with Gasteiger partial charge in [-0.2, -0.15) is 0 Å². The van der Waals surface area contributed by atoms with Gasteiger partial charge >= 0.3 is 0 Å². The fourth-order valence-electron chi connectivity index (χ4n) is 4.83. The smallest absolute Gasteiger partial charge is 0.293 e. The van der Waals surface area contributed by atoms with Crippen LogP contribution in [0.2, 0.25) is 0 Å². The molecule has 5 rings (SSSR count). The first-order valence-electron chi connectivity index (χ1n) is 13.1. The Kier molecular flexibility index (Phi) is 8.06. The van der Waals surface area contributed by atoms with Gasteiger partial charge in [-0.05, 0) is 24.1 Å². The first kappa shape index (κ1) is 25.6. The molecule has 1 aromatic heterocycles. The summed E-state index contributed by atoms with van der Waals surface area (Å²) < 4.78 is 0. The highest BCUT2D eigenvalue weighted by molar-refractivity contribution is 5.94. The van der Waals surface area contributed by atoms with Gasteiger partial charge in [-0.1, -0.05) is 60.7 Å². The van der Waals surface area contributed by atoms with Crippen molar-refractivity contribution in [3.05, 3.63) is 99.9 Å². The zero-order chi connectivity index (χ0) is 26.3. The van der Waals surface area contributed by atoms with E-state index in [2.05, 4.69) is 44.7 Å². The molecule has 0 atom stereocenters. The van der Waals surface area contributed by atoms with Crippen LogP contribution in [0, 0.1) is 10.1 Å². The molecule has 0 amide bonds. The van der Waals surface area contributed by atoms with Crippen LogP contribution in [0.1, 0.15) is 23.9 Å². The van der Waals surface area contributed by atoms with E-state index in [-0.39, 0.29) is 10.6 Å². The van der Waals surface area contributed by atoms with Gasteiger partial charge in [-0.25, -0.2) is 9.97 Å². The van der Waals surface area contributed by atoms with Gasteiger partial charge in [0.05, 0.1) is 17.0 Å². The van der Waals surface area contributed by atoms with Crippen LogP contribution in [0.25, 0.3) is 10.9 Å². The molecule has 9 heteroatoms. The van der Waals surface area contributed by atoms with E-state index in [1.807, 2.05) is 43.3 Å². The van der Waals surface area contributed by atoms with Crippen molar-refractivity contribution in [2.24, 2.45) is 0 Å². The number of nitro groups is 1. The fraction of sp³-hybridized carbons (Fsp3) is 0.310. The lowest BCUT2D eigenvalue weighted by molar-refractivity contribution is -0.383. The number of nitro benzene ring substituents is 1. The van der Waals surface area contributed by atoms with Crippen molar-refractivity contribution in [1.82, 2.24) is 19.8 Å². The van der Waals surface area contributed by atoms with Gasteiger partial charge in [0, 0.05) is 57.3 Å². The highest BCUT2D eigenvalue weighted by Gasteiger charge is 2.21. The molecular weight excluding hydrogens is 478 g/mol. The molecule has 2 heterocycles. The monoisotopic (exact) mass is 511 g/mol. The second kappa shape index (κ2) is 12.0. The van der Waals surface area contributed by atoms with E-state index in [0.29, 0.717) is 47.9 Å². The summed E-state index contributed by atoms with van der Waals surface area (Å²) in [4.78, 5) is 26.0. The minimum atomic E-state index is -0.360. The highest BCUT2D eigenvalue weighted by atomic mass is 16.6. The number of benzene rings is 3. The minimum Gasteiger partial charge on any atom is -0.380 e. The summed E-state index contributed by atoms with van der Waals surface area (Å²) in [5.74, 6) is 1.32. The summed E-state index contributed by atoms with van der Waals surface area (Å²) >= 11 is 0. The van der Waals surface area contributed by atoms with Crippen molar-refractivity contribution < 1.29 is 4.92 Å². The topological polar surface area (TPSA) is 99.5 Å². The molecule has 0 saturated carbocycles. The summed E-state index contributed by atoms with van der Waals surface area (Å²) in [6, 6.07) is 24.0. The fourth-order valence-corrected chi connectivity index (χ4v) is 4.83. The zero-order valence-corrected chi connectivity index (χ0v) is 21.6. The summed E-state index contributed by atoms with van der Waals surface area (Å²) in [5.41, 5.74) is 3.62. The van der Waals surface area contributed by atoms with Crippen LogP contribution in [0.5, 0.6) is 0 Å². The van der Waals surface area contributed by atoms with Crippen molar-refractivity contribution in [1.29, 1.82) is 0 Å². The maximum absolute atomic E-state index is 11.8. The third kappa shape index (κ3) is 6.24. The Morgan fingerprint density at radius 3 is 2.11 bits per heavy atom. The Balaban J connectivity index is 1.37. The number of aromatic nitrogens is 2. The van der Waals surface area contributed by atoms with Crippen molar-refractivity contribution in [3.8, 4) is 0 Å². The molecular formula is C29H33N7O2. The van der Waals surface area contributed by atoms with Gasteiger partial charge < -0.3 is 10.6 Å². The van der Waals surface area contributed by atoms with E-state index >= 15 is 0 Å². The molecule has 3 aromatic carbocycles. The van der Waals surface area contributed by atoms with Crippen LogP contribution in [-0.4, -0.2) is 57.4 Å². The Labute approximate surface area is 222 Å². The maximum atomic E-state index is 11.8. The van der Waals surface area contributed by atoms with Crippen LogP contribution in [0.3, 0.4) is 0 Å². The number of hydrogen-bond acceptors (Lipinski definition) is 8. The molecule has 0 radical (unpaired) electrons. The second-order valence-corrected chi connectivity index (χ2v) is 9.54. The van der Waals surface area contributed by atoms with Crippen molar-refractivity contribution >= 4 is 28.1 Å². The van der Waals surface area contributed by atoms with Crippen LogP contribution in [0.15, 0.2) is 72.8 Å². The molecule has 1 aliphatic heterocycles. The quantitative estimate of drug-likeness (QED) is 0.229. The van der Waals surface area contributed by atoms with E-state index in [4.69, 9.17) is 9.97 Å². The molecule has 4 aromatic rings. The third-order valence-electron chi connectivity index (χ3n) is 6.81. The largest absolute Gasteiger partial charge is 0.380 e. The molecule has 38 heavy (non-hydrogen) atoms. The number of fused-ring (bicyclic) bond motifs is 1. The first-order chi connectivity index (χ1) is 18.6. The van der Waals surface area contributed by atoms with E-state index < -0.39 is 0 Å². The number of hydrogen-bond donors (Lipinski definition) is 2. The van der Waals surface area contributed by atoms with Crippen molar-refractivity contribution in [2.45, 2.75) is 26.6 Å². The molecule has 1 aliphatic rings. The predicted molar refractivity (Wildman–Crippen MR) is 151 cm³/mol. The lowest BCUT2D eigenvalue weighted by Crippen LogP contribution is -2.45. The van der Waals surface area contributed by atoms with Crippen LogP contribution < -0.4 is 10.6 Å². The zero-order valence-electron chi connectivity index (χ0n) is 21.6. The van der Waals surface area contributed by atoms with E-state index in [1.54, 1.807) is 12.1 Å². The Hall–Kier alpha value is -4.08. The van der Waals surface area contributed by atoms with E-state index in [0.717, 1.165) is 38.3 Å². The molecule has 1 fully saturated rings. The average molecular weight is 512 g/mol. The van der Waals surface area contributed by atoms with Gasteiger partial charge in [0.15, 0.2) is 0 Å². The molecule has 0 bridgehead atoms. The lowest BCUT2D eigenvalue weighted by atomic mass is 10.1. The normalized spacial score (nSPS) is 14.4. The molecule has 0 aliphatic carbocycles. The Morgan fingerprint density at radius 2 is 1.47 bits per heavy atom. The molecule has 0 unspecified atom stereocenters. The first-order valence-corrected chi connectivity index (χ1v) is 13.1. The lowest BCUT2D eigenvalue weighted by Gasteiger charge is -2.34. The van der Waals surface area contributed by atoms with E-state index in [1.165, 1.54) is 5.56 Å². The van der Waals surface area contributed by atoms with Crippen LogP contribution in [0.4, 0.5) is 17.2 Å². The Morgan fingerprint density at radius 1 is 0.842 bits per heavy atom. The number of nitrogens with zero attached hydrogens (tertiary/aromatic N) is 5. The second-order valence-electron chi connectivity index (χ2n) is 9.54.